The maximum Gasteiger partial charge on any atom is 0.183 e. The van der Waals surface area contributed by atoms with Gasteiger partial charge >= 0.3 is 0 Å². The number of thiazole rings is 1. The molecule has 1 heterocycles. The van der Waals surface area contributed by atoms with Gasteiger partial charge in [0.1, 0.15) is 0 Å². The first-order chi connectivity index (χ1) is 11.2. The molecule has 3 aromatic rings. The second kappa shape index (κ2) is 7.42. The molecule has 0 saturated heterocycles. The zero-order chi connectivity index (χ0) is 16.1. The lowest BCUT2D eigenvalue weighted by atomic mass is 10.0. The third-order valence-corrected chi connectivity index (χ3v) is 4.48. The van der Waals surface area contributed by atoms with Crippen molar-refractivity contribution in [1.29, 1.82) is 0 Å². The Morgan fingerprint density at radius 1 is 0.957 bits per heavy atom. The van der Waals surface area contributed by atoms with Crippen LogP contribution in [0.1, 0.15) is 25.0 Å². The summed E-state index contributed by atoms with van der Waals surface area (Å²) < 4.78 is 0. The molecule has 0 aliphatic carbocycles. The second-order valence-corrected chi connectivity index (χ2v) is 7.03. The van der Waals surface area contributed by atoms with Gasteiger partial charge < -0.3 is 5.32 Å². The number of hydrogen-bond acceptors (Lipinski definition) is 3. The van der Waals surface area contributed by atoms with E-state index >= 15 is 0 Å². The fraction of sp³-hybridized carbons (Fsp3) is 0.250. The molecule has 0 amide bonds. The third-order valence-electron chi connectivity index (χ3n) is 3.68. The smallest absolute Gasteiger partial charge is 0.183 e. The van der Waals surface area contributed by atoms with E-state index in [1.54, 1.807) is 11.3 Å². The highest BCUT2D eigenvalue weighted by atomic mass is 32.1. The van der Waals surface area contributed by atoms with Crippen molar-refractivity contribution in [2.24, 2.45) is 5.92 Å². The first kappa shape index (κ1) is 15.8. The van der Waals surface area contributed by atoms with Crippen LogP contribution in [0.3, 0.4) is 0 Å². The minimum Gasteiger partial charge on any atom is -0.357 e. The van der Waals surface area contributed by atoms with Gasteiger partial charge in [0.05, 0.1) is 5.69 Å². The molecular formula is C20H22N2S. The Morgan fingerprint density at radius 3 is 2.39 bits per heavy atom. The van der Waals surface area contributed by atoms with Crippen LogP contribution in [0, 0.1) is 5.92 Å². The van der Waals surface area contributed by atoms with Gasteiger partial charge in [-0.1, -0.05) is 68.4 Å². The predicted molar refractivity (Wildman–Crippen MR) is 99.9 cm³/mol. The van der Waals surface area contributed by atoms with Crippen LogP contribution < -0.4 is 5.32 Å². The molecule has 2 nitrogen and oxygen atoms in total. The van der Waals surface area contributed by atoms with Gasteiger partial charge in [0, 0.05) is 17.5 Å². The highest BCUT2D eigenvalue weighted by Gasteiger charge is 2.05. The number of nitrogens with one attached hydrogen (secondary N) is 1. The van der Waals surface area contributed by atoms with Crippen molar-refractivity contribution in [3.63, 3.8) is 0 Å². The Balaban J connectivity index is 1.64. The fourth-order valence-corrected chi connectivity index (χ4v) is 3.26. The van der Waals surface area contributed by atoms with Gasteiger partial charge in [-0.2, -0.15) is 0 Å². The largest absolute Gasteiger partial charge is 0.357 e. The predicted octanol–water partition coefficient (Wildman–Crippen LogP) is 5.62. The van der Waals surface area contributed by atoms with Crippen LogP contribution >= 0.6 is 11.3 Å². The fourth-order valence-electron chi connectivity index (χ4n) is 2.54. The van der Waals surface area contributed by atoms with E-state index in [1.807, 2.05) is 6.07 Å². The van der Waals surface area contributed by atoms with E-state index in [0.717, 1.165) is 23.8 Å². The number of hydrogen-bond donors (Lipinski definition) is 1. The molecule has 2 aromatic carbocycles. The summed E-state index contributed by atoms with van der Waals surface area (Å²) in [6.07, 6.45) is 1.13. The number of benzene rings is 2. The molecule has 0 saturated carbocycles. The molecule has 0 spiro atoms. The van der Waals surface area contributed by atoms with Crippen molar-refractivity contribution in [3.05, 3.63) is 71.1 Å². The van der Waals surface area contributed by atoms with Crippen molar-refractivity contribution in [1.82, 2.24) is 4.98 Å². The zero-order valence-electron chi connectivity index (χ0n) is 13.6. The molecule has 3 rings (SSSR count). The van der Waals surface area contributed by atoms with Crippen molar-refractivity contribution in [2.75, 3.05) is 5.32 Å². The standard InChI is InChI=1S/C20H22N2S/c1-15(2)12-16-8-10-18(11-9-16)19-14-23-20(22-19)21-13-17-6-4-3-5-7-17/h3-11,14-15H,12-13H2,1-2H3,(H,21,22). The Morgan fingerprint density at radius 2 is 1.70 bits per heavy atom. The number of aromatic nitrogens is 1. The van der Waals surface area contributed by atoms with E-state index in [2.05, 4.69) is 73.1 Å². The van der Waals surface area contributed by atoms with Crippen molar-refractivity contribution >= 4 is 16.5 Å². The van der Waals surface area contributed by atoms with Gasteiger partial charge in [-0.15, -0.1) is 11.3 Å². The summed E-state index contributed by atoms with van der Waals surface area (Å²) in [4.78, 5) is 4.69. The second-order valence-electron chi connectivity index (χ2n) is 6.17. The molecule has 23 heavy (non-hydrogen) atoms. The molecule has 1 N–H and O–H groups in total. The van der Waals surface area contributed by atoms with Gasteiger partial charge in [0.25, 0.3) is 0 Å². The van der Waals surface area contributed by atoms with Crippen molar-refractivity contribution in [2.45, 2.75) is 26.8 Å². The molecule has 0 aliphatic heterocycles. The SMILES string of the molecule is CC(C)Cc1ccc(-c2csc(NCc3ccccc3)n2)cc1. The van der Waals surface area contributed by atoms with Crippen LogP contribution in [0.4, 0.5) is 5.13 Å². The summed E-state index contributed by atoms with van der Waals surface area (Å²) in [7, 11) is 0. The third kappa shape index (κ3) is 4.42. The van der Waals surface area contributed by atoms with Gasteiger partial charge in [-0.05, 0) is 23.5 Å². The van der Waals surface area contributed by atoms with Crippen LogP contribution in [-0.4, -0.2) is 4.98 Å². The Bertz CT molecular complexity index is 730. The molecule has 3 heteroatoms. The molecule has 0 bridgehead atoms. The van der Waals surface area contributed by atoms with E-state index in [-0.39, 0.29) is 0 Å². The number of anilines is 1. The molecule has 0 fully saturated rings. The van der Waals surface area contributed by atoms with Crippen LogP contribution in [0.5, 0.6) is 0 Å². The molecule has 0 unspecified atom stereocenters. The molecule has 0 aliphatic rings. The molecule has 0 atom stereocenters. The normalized spacial score (nSPS) is 10.9. The lowest BCUT2D eigenvalue weighted by Crippen LogP contribution is -1.98. The van der Waals surface area contributed by atoms with Crippen LogP contribution in [-0.2, 0) is 13.0 Å². The summed E-state index contributed by atoms with van der Waals surface area (Å²) in [5.41, 5.74) is 4.88. The van der Waals surface area contributed by atoms with Crippen molar-refractivity contribution in [3.8, 4) is 11.3 Å². The molecule has 0 radical (unpaired) electrons. The summed E-state index contributed by atoms with van der Waals surface area (Å²) in [6, 6.07) is 19.2. The average molecular weight is 322 g/mol. The van der Waals surface area contributed by atoms with Gasteiger partial charge in [0.2, 0.25) is 0 Å². The lowest BCUT2D eigenvalue weighted by molar-refractivity contribution is 0.647. The highest BCUT2D eigenvalue weighted by molar-refractivity contribution is 7.14. The van der Waals surface area contributed by atoms with Crippen LogP contribution in [0.25, 0.3) is 11.3 Å². The number of rotatable bonds is 6. The van der Waals surface area contributed by atoms with Crippen LogP contribution in [0.15, 0.2) is 60.0 Å². The first-order valence-electron chi connectivity index (χ1n) is 8.03. The average Bonchev–Trinajstić information content (AvgIpc) is 3.03. The Hall–Kier alpha value is -2.13. The first-order valence-corrected chi connectivity index (χ1v) is 8.91. The zero-order valence-corrected chi connectivity index (χ0v) is 14.4. The minimum atomic E-state index is 0.689. The quantitative estimate of drug-likeness (QED) is 0.637. The summed E-state index contributed by atoms with van der Waals surface area (Å²) in [5, 5.41) is 6.48. The summed E-state index contributed by atoms with van der Waals surface area (Å²) in [6.45, 7) is 5.30. The summed E-state index contributed by atoms with van der Waals surface area (Å²) in [5.74, 6) is 0.689. The lowest BCUT2D eigenvalue weighted by Gasteiger charge is -2.05. The van der Waals surface area contributed by atoms with Gasteiger partial charge in [-0.25, -0.2) is 4.98 Å². The van der Waals surface area contributed by atoms with E-state index < -0.39 is 0 Å². The Labute approximate surface area is 142 Å². The molecule has 1 aromatic heterocycles. The van der Waals surface area contributed by atoms with Gasteiger partial charge in [0.15, 0.2) is 5.13 Å². The van der Waals surface area contributed by atoms with E-state index in [4.69, 9.17) is 4.98 Å². The van der Waals surface area contributed by atoms with Crippen LogP contribution in [0.2, 0.25) is 0 Å². The highest BCUT2D eigenvalue weighted by Crippen LogP contribution is 2.25. The topological polar surface area (TPSA) is 24.9 Å². The van der Waals surface area contributed by atoms with E-state index in [1.165, 1.54) is 16.7 Å². The molecule has 118 valence electrons. The van der Waals surface area contributed by atoms with Gasteiger partial charge in [-0.3, -0.25) is 0 Å². The minimum absolute atomic E-state index is 0.689. The van der Waals surface area contributed by atoms with E-state index in [9.17, 15) is 0 Å². The maximum atomic E-state index is 4.69. The Kier molecular flexibility index (Phi) is 5.09. The number of nitrogens with zero attached hydrogens (tertiary/aromatic N) is 1. The van der Waals surface area contributed by atoms with Crippen molar-refractivity contribution < 1.29 is 0 Å². The summed E-state index contributed by atoms with van der Waals surface area (Å²) >= 11 is 1.66. The monoisotopic (exact) mass is 322 g/mol. The molecular weight excluding hydrogens is 300 g/mol. The van der Waals surface area contributed by atoms with E-state index in [0.29, 0.717) is 5.92 Å². The maximum absolute atomic E-state index is 4.69.